The first-order valence-electron chi connectivity index (χ1n) is 9.53. The number of halogens is 1. The molecule has 7 nitrogen and oxygen atoms in total. The number of rotatable bonds is 6. The van der Waals surface area contributed by atoms with Gasteiger partial charge >= 0.3 is 0 Å². The molecule has 9 heteroatoms. The van der Waals surface area contributed by atoms with Crippen LogP contribution < -0.4 is 14.4 Å². The highest BCUT2D eigenvalue weighted by atomic mass is 35.5. The molecule has 1 fully saturated rings. The van der Waals surface area contributed by atoms with E-state index in [0.717, 1.165) is 0 Å². The van der Waals surface area contributed by atoms with Crippen LogP contribution in [0, 0.1) is 5.92 Å². The fourth-order valence-corrected chi connectivity index (χ4v) is 5.52. The summed E-state index contributed by atoms with van der Waals surface area (Å²) in [6, 6.07) is 11.7. The number of methoxy groups -OCH3 is 2. The number of carbonyl (C=O) groups is 1. The molecule has 0 aliphatic carbocycles. The van der Waals surface area contributed by atoms with Gasteiger partial charge < -0.3 is 14.4 Å². The Bertz CT molecular complexity index is 1030. The van der Waals surface area contributed by atoms with Crippen LogP contribution in [0.4, 0.5) is 5.69 Å². The highest BCUT2D eigenvalue weighted by Gasteiger charge is 2.36. The molecule has 1 unspecified atom stereocenters. The number of benzene rings is 2. The quantitative estimate of drug-likeness (QED) is 0.671. The standard InChI is InChI=1S/C21H25ClN2O5S/c1-23(17-7-4-8-18(13-17)28-2)21(25)15-6-5-11-24(14-15)30(26,27)20-12-16(22)9-10-19(20)29-3/h4,7-10,12-13,15H,5-6,11,14H2,1-3H3. The number of hydrogen-bond donors (Lipinski definition) is 0. The van der Waals surface area contributed by atoms with Gasteiger partial charge in [-0.25, -0.2) is 8.42 Å². The summed E-state index contributed by atoms with van der Waals surface area (Å²) in [5.74, 6) is 0.283. The van der Waals surface area contributed by atoms with Gasteiger partial charge in [-0.2, -0.15) is 4.31 Å². The van der Waals surface area contributed by atoms with Crippen molar-refractivity contribution in [2.24, 2.45) is 5.92 Å². The lowest BCUT2D eigenvalue weighted by Gasteiger charge is -2.33. The lowest BCUT2D eigenvalue weighted by Crippen LogP contribution is -2.46. The van der Waals surface area contributed by atoms with Crippen molar-refractivity contribution >= 4 is 33.2 Å². The van der Waals surface area contributed by atoms with Gasteiger partial charge in [-0.3, -0.25) is 4.79 Å². The van der Waals surface area contributed by atoms with E-state index in [-0.39, 0.29) is 23.1 Å². The number of amides is 1. The maximum absolute atomic E-state index is 13.3. The van der Waals surface area contributed by atoms with Crippen molar-refractivity contribution < 1.29 is 22.7 Å². The summed E-state index contributed by atoms with van der Waals surface area (Å²) in [5, 5.41) is 0.303. The van der Waals surface area contributed by atoms with E-state index in [2.05, 4.69) is 0 Å². The molecule has 1 amide bonds. The molecule has 0 radical (unpaired) electrons. The summed E-state index contributed by atoms with van der Waals surface area (Å²) >= 11 is 6.02. The minimum atomic E-state index is -3.86. The molecule has 1 heterocycles. The Morgan fingerprint density at radius 2 is 1.93 bits per heavy atom. The number of carbonyl (C=O) groups excluding carboxylic acids is 1. The summed E-state index contributed by atoms with van der Waals surface area (Å²) in [4.78, 5) is 14.7. The summed E-state index contributed by atoms with van der Waals surface area (Å²) in [7, 11) is 0.798. The fourth-order valence-electron chi connectivity index (χ4n) is 3.57. The fraction of sp³-hybridized carbons (Fsp3) is 0.381. The van der Waals surface area contributed by atoms with Gasteiger partial charge in [-0.05, 0) is 43.2 Å². The third-order valence-electron chi connectivity index (χ3n) is 5.25. The van der Waals surface area contributed by atoms with Gasteiger partial charge in [0.2, 0.25) is 15.9 Å². The molecular weight excluding hydrogens is 428 g/mol. The van der Waals surface area contributed by atoms with E-state index in [1.807, 2.05) is 6.07 Å². The van der Waals surface area contributed by atoms with Crippen molar-refractivity contribution in [1.29, 1.82) is 0 Å². The van der Waals surface area contributed by atoms with Crippen LogP contribution in [0.5, 0.6) is 11.5 Å². The molecule has 30 heavy (non-hydrogen) atoms. The Balaban J connectivity index is 1.82. The summed E-state index contributed by atoms with van der Waals surface area (Å²) in [6.45, 7) is 0.440. The van der Waals surface area contributed by atoms with E-state index in [9.17, 15) is 13.2 Å². The molecule has 162 valence electrons. The van der Waals surface area contributed by atoms with Gasteiger partial charge in [0.1, 0.15) is 16.4 Å². The molecule has 1 aliphatic heterocycles. The van der Waals surface area contributed by atoms with E-state index in [0.29, 0.717) is 35.8 Å². The van der Waals surface area contributed by atoms with Gasteiger partial charge in [0.05, 0.1) is 20.1 Å². The third-order valence-corrected chi connectivity index (χ3v) is 7.37. The van der Waals surface area contributed by atoms with Crippen molar-refractivity contribution in [3.63, 3.8) is 0 Å². The minimum absolute atomic E-state index is 0.00625. The molecule has 0 saturated carbocycles. The zero-order valence-electron chi connectivity index (χ0n) is 17.2. The highest BCUT2D eigenvalue weighted by Crippen LogP contribution is 2.32. The number of piperidine rings is 1. The maximum Gasteiger partial charge on any atom is 0.246 e. The van der Waals surface area contributed by atoms with E-state index in [1.165, 1.54) is 23.5 Å². The van der Waals surface area contributed by atoms with Crippen molar-refractivity contribution in [1.82, 2.24) is 4.31 Å². The van der Waals surface area contributed by atoms with E-state index < -0.39 is 15.9 Å². The van der Waals surface area contributed by atoms with Crippen LogP contribution in [0.3, 0.4) is 0 Å². The molecular formula is C21H25ClN2O5S. The minimum Gasteiger partial charge on any atom is -0.497 e. The monoisotopic (exact) mass is 452 g/mol. The Hall–Kier alpha value is -2.29. The molecule has 0 N–H and O–H groups in total. The predicted molar refractivity (Wildman–Crippen MR) is 116 cm³/mol. The Morgan fingerprint density at radius 1 is 1.17 bits per heavy atom. The maximum atomic E-state index is 13.3. The Labute approximate surface area is 182 Å². The summed E-state index contributed by atoms with van der Waals surface area (Å²) in [5.41, 5.74) is 0.691. The molecule has 1 saturated heterocycles. The number of hydrogen-bond acceptors (Lipinski definition) is 5. The van der Waals surface area contributed by atoms with Gasteiger partial charge in [-0.1, -0.05) is 17.7 Å². The molecule has 0 spiro atoms. The number of anilines is 1. The van der Waals surface area contributed by atoms with Gasteiger partial charge in [0.15, 0.2) is 0 Å². The van der Waals surface area contributed by atoms with Gasteiger partial charge in [-0.15, -0.1) is 0 Å². The molecule has 3 rings (SSSR count). The van der Waals surface area contributed by atoms with Crippen molar-refractivity contribution in [3.05, 3.63) is 47.5 Å². The van der Waals surface area contributed by atoms with E-state index in [4.69, 9.17) is 21.1 Å². The van der Waals surface area contributed by atoms with Crippen LogP contribution in [0.2, 0.25) is 5.02 Å². The first-order chi connectivity index (χ1) is 14.3. The van der Waals surface area contributed by atoms with Gasteiger partial charge in [0, 0.05) is 36.9 Å². The van der Waals surface area contributed by atoms with Crippen LogP contribution in [0.1, 0.15) is 12.8 Å². The van der Waals surface area contributed by atoms with E-state index >= 15 is 0 Å². The van der Waals surface area contributed by atoms with Crippen molar-refractivity contribution in [3.8, 4) is 11.5 Å². The molecule has 1 aliphatic rings. The zero-order valence-corrected chi connectivity index (χ0v) is 18.7. The average Bonchev–Trinajstić information content (AvgIpc) is 2.78. The second kappa shape index (κ2) is 9.24. The summed E-state index contributed by atoms with van der Waals surface area (Å²) in [6.07, 6.45) is 1.20. The molecule has 0 bridgehead atoms. The average molecular weight is 453 g/mol. The molecule has 2 aromatic rings. The lowest BCUT2D eigenvalue weighted by atomic mass is 9.98. The van der Waals surface area contributed by atoms with Crippen LogP contribution >= 0.6 is 11.6 Å². The van der Waals surface area contributed by atoms with Crippen LogP contribution in [-0.4, -0.2) is 53.0 Å². The topological polar surface area (TPSA) is 76.2 Å². The molecule has 1 atom stereocenters. The highest BCUT2D eigenvalue weighted by molar-refractivity contribution is 7.89. The van der Waals surface area contributed by atoms with Gasteiger partial charge in [0.25, 0.3) is 0 Å². The smallest absolute Gasteiger partial charge is 0.246 e. The van der Waals surface area contributed by atoms with Crippen molar-refractivity contribution in [2.75, 3.05) is 39.3 Å². The van der Waals surface area contributed by atoms with Crippen LogP contribution in [-0.2, 0) is 14.8 Å². The number of ether oxygens (including phenoxy) is 2. The largest absolute Gasteiger partial charge is 0.497 e. The third kappa shape index (κ3) is 4.55. The first kappa shape index (κ1) is 22.4. The van der Waals surface area contributed by atoms with E-state index in [1.54, 1.807) is 43.3 Å². The second-order valence-electron chi connectivity index (χ2n) is 7.10. The Morgan fingerprint density at radius 3 is 2.63 bits per heavy atom. The molecule has 0 aromatic heterocycles. The predicted octanol–water partition coefficient (Wildman–Crippen LogP) is 3.42. The number of nitrogens with zero attached hydrogens (tertiary/aromatic N) is 2. The first-order valence-corrected chi connectivity index (χ1v) is 11.3. The normalized spacial score (nSPS) is 17.4. The van der Waals surface area contributed by atoms with Crippen LogP contribution in [0.15, 0.2) is 47.4 Å². The lowest BCUT2D eigenvalue weighted by molar-refractivity contribution is -0.123. The second-order valence-corrected chi connectivity index (χ2v) is 9.44. The zero-order chi connectivity index (χ0) is 21.9. The number of sulfonamides is 1. The van der Waals surface area contributed by atoms with Crippen molar-refractivity contribution in [2.45, 2.75) is 17.7 Å². The summed E-state index contributed by atoms with van der Waals surface area (Å²) < 4.78 is 38.3. The van der Waals surface area contributed by atoms with Crippen LogP contribution in [0.25, 0.3) is 0 Å². The molecule has 2 aromatic carbocycles. The Kier molecular flexibility index (Phi) is 6.90. The SMILES string of the molecule is COc1cccc(N(C)C(=O)C2CCCN(S(=O)(=O)c3cc(Cl)ccc3OC)C2)c1.